The van der Waals surface area contributed by atoms with Crippen molar-refractivity contribution in [3.63, 3.8) is 0 Å². The van der Waals surface area contributed by atoms with Gasteiger partial charge in [0.25, 0.3) is 0 Å². The lowest BCUT2D eigenvalue weighted by Crippen LogP contribution is -2.37. The van der Waals surface area contributed by atoms with E-state index >= 15 is 0 Å². The molecule has 1 aliphatic carbocycles. The van der Waals surface area contributed by atoms with Crippen LogP contribution in [0.25, 0.3) is 0 Å². The van der Waals surface area contributed by atoms with Crippen molar-refractivity contribution >= 4 is 15.9 Å². The molecule has 0 amide bonds. The van der Waals surface area contributed by atoms with Gasteiger partial charge >= 0.3 is 0 Å². The molecule has 2 nitrogen and oxygen atoms in total. The van der Waals surface area contributed by atoms with Crippen molar-refractivity contribution in [2.45, 2.75) is 39.2 Å². The summed E-state index contributed by atoms with van der Waals surface area (Å²) in [7, 11) is 0. The quantitative estimate of drug-likeness (QED) is 0.659. The summed E-state index contributed by atoms with van der Waals surface area (Å²) in [5.74, 6) is 0. The van der Waals surface area contributed by atoms with E-state index in [0.717, 1.165) is 25.2 Å². The maximum absolute atomic E-state index is 5.79. The molecule has 0 aromatic rings. The number of rotatable bonds is 7. The van der Waals surface area contributed by atoms with Crippen molar-refractivity contribution in [3.05, 3.63) is 0 Å². The van der Waals surface area contributed by atoms with Gasteiger partial charge < -0.3 is 9.47 Å². The molecule has 1 unspecified atom stereocenters. The summed E-state index contributed by atoms with van der Waals surface area (Å²) < 4.78 is 11.1. The van der Waals surface area contributed by atoms with Crippen molar-refractivity contribution < 1.29 is 9.47 Å². The number of hydrogen-bond donors (Lipinski definition) is 0. The van der Waals surface area contributed by atoms with Crippen LogP contribution >= 0.6 is 15.9 Å². The fourth-order valence-corrected chi connectivity index (χ4v) is 2.37. The number of alkyl halides is 1. The fraction of sp³-hybridized carbons (Fsp3) is 1.00. The van der Waals surface area contributed by atoms with Crippen LogP contribution in [0.3, 0.4) is 0 Å². The molecule has 0 radical (unpaired) electrons. The number of ether oxygens (including phenoxy) is 2. The topological polar surface area (TPSA) is 18.5 Å². The van der Waals surface area contributed by atoms with E-state index in [0.29, 0.717) is 5.41 Å². The van der Waals surface area contributed by atoms with Crippen LogP contribution in [0.15, 0.2) is 0 Å². The van der Waals surface area contributed by atoms with Gasteiger partial charge in [0, 0.05) is 17.4 Å². The van der Waals surface area contributed by atoms with Crippen LogP contribution in [0.1, 0.15) is 33.1 Å². The molecule has 1 aliphatic rings. The molecule has 1 fully saturated rings. The second-order valence-corrected chi connectivity index (χ2v) is 4.83. The molecule has 0 spiro atoms. The second-order valence-electron chi connectivity index (χ2n) is 4.27. The van der Waals surface area contributed by atoms with E-state index in [1.807, 2.05) is 6.92 Å². The molecule has 0 N–H and O–H groups in total. The highest BCUT2D eigenvalue weighted by atomic mass is 79.9. The first-order valence-electron chi connectivity index (χ1n) is 5.48. The third-order valence-corrected chi connectivity index (χ3v) is 4.12. The Morgan fingerprint density at radius 3 is 2.57 bits per heavy atom. The minimum Gasteiger partial charge on any atom is -0.379 e. The van der Waals surface area contributed by atoms with Crippen molar-refractivity contribution in [1.29, 1.82) is 0 Å². The number of halogens is 1. The summed E-state index contributed by atoms with van der Waals surface area (Å²) in [5, 5.41) is 1.07. The monoisotopic (exact) mass is 264 g/mol. The summed E-state index contributed by atoms with van der Waals surface area (Å²) in [4.78, 5) is 0. The van der Waals surface area contributed by atoms with Gasteiger partial charge in [-0.1, -0.05) is 22.4 Å². The maximum atomic E-state index is 5.79. The first kappa shape index (κ1) is 12.5. The molecule has 0 aliphatic heterocycles. The Hall–Kier alpha value is 0.400. The van der Waals surface area contributed by atoms with E-state index in [9.17, 15) is 0 Å². The SMILES string of the molecule is CCOCC(C)OCC1(CBr)CCC1. The molecule has 14 heavy (non-hydrogen) atoms. The van der Waals surface area contributed by atoms with Gasteiger partial charge in [0.05, 0.1) is 19.3 Å². The highest BCUT2D eigenvalue weighted by Crippen LogP contribution is 2.42. The summed E-state index contributed by atoms with van der Waals surface area (Å²) in [5.41, 5.74) is 0.431. The molecule has 1 rings (SSSR count). The van der Waals surface area contributed by atoms with Gasteiger partial charge in [-0.15, -0.1) is 0 Å². The fourth-order valence-electron chi connectivity index (χ4n) is 1.64. The Morgan fingerprint density at radius 1 is 1.43 bits per heavy atom. The Bertz CT molecular complexity index is 152. The van der Waals surface area contributed by atoms with Crippen LogP contribution in [-0.4, -0.2) is 31.3 Å². The normalized spacial score (nSPS) is 21.6. The molecular formula is C11H21BrO2. The lowest BCUT2D eigenvalue weighted by Gasteiger charge is -2.40. The predicted molar refractivity (Wildman–Crippen MR) is 62.0 cm³/mol. The molecule has 3 heteroatoms. The summed E-state index contributed by atoms with van der Waals surface area (Å²) in [6, 6.07) is 0. The highest BCUT2D eigenvalue weighted by molar-refractivity contribution is 9.09. The van der Waals surface area contributed by atoms with E-state index in [2.05, 4.69) is 22.9 Å². The minimum atomic E-state index is 0.228. The molecular weight excluding hydrogens is 244 g/mol. The lowest BCUT2D eigenvalue weighted by atomic mass is 9.71. The van der Waals surface area contributed by atoms with Gasteiger partial charge in [-0.3, -0.25) is 0 Å². The van der Waals surface area contributed by atoms with Gasteiger partial charge in [-0.2, -0.15) is 0 Å². The molecule has 1 saturated carbocycles. The van der Waals surface area contributed by atoms with E-state index in [1.54, 1.807) is 0 Å². The van der Waals surface area contributed by atoms with Crippen molar-refractivity contribution in [2.24, 2.45) is 5.41 Å². The molecule has 0 aromatic carbocycles. The highest BCUT2D eigenvalue weighted by Gasteiger charge is 2.36. The van der Waals surface area contributed by atoms with Crippen LogP contribution in [0.5, 0.6) is 0 Å². The molecule has 0 heterocycles. The maximum Gasteiger partial charge on any atom is 0.0780 e. The van der Waals surface area contributed by atoms with Crippen molar-refractivity contribution in [1.82, 2.24) is 0 Å². The zero-order valence-electron chi connectivity index (χ0n) is 9.22. The molecule has 84 valence electrons. The average Bonchev–Trinajstić information content (AvgIpc) is 2.14. The molecule has 0 aromatic heterocycles. The smallest absolute Gasteiger partial charge is 0.0780 e. The third-order valence-electron chi connectivity index (χ3n) is 2.93. The van der Waals surface area contributed by atoms with Crippen molar-refractivity contribution in [3.8, 4) is 0 Å². The molecule has 0 saturated heterocycles. The third kappa shape index (κ3) is 3.52. The van der Waals surface area contributed by atoms with E-state index < -0.39 is 0 Å². The molecule has 1 atom stereocenters. The van der Waals surface area contributed by atoms with Gasteiger partial charge in [-0.05, 0) is 26.7 Å². The molecule has 0 bridgehead atoms. The standard InChI is InChI=1S/C11H21BrO2/c1-3-13-7-10(2)14-9-11(8-12)5-4-6-11/h10H,3-9H2,1-2H3. The predicted octanol–water partition coefficient (Wildman–Crippen LogP) is 2.99. The van der Waals surface area contributed by atoms with Crippen LogP contribution < -0.4 is 0 Å². The summed E-state index contributed by atoms with van der Waals surface area (Å²) >= 11 is 3.57. The summed E-state index contributed by atoms with van der Waals surface area (Å²) in [6.45, 7) is 6.47. The first-order chi connectivity index (χ1) is 6.72. The lowest BCUT2D eigenvalue weighted by molar-refractivity contribution is -0.0559. The number of hydrogen-bond acceptors (Lipinski definition) is 2. The van der Waals surface area contributed by atoms with Gasteiger partial charge in [0.1, 0.15) is 0 Å². The largest absolute Gasteiger partial charge is 0.379 e. The van der Waals surface area contributed by atoms with E-state index in [4.69, 9.17) is 9.47 Å². The Balaban J connectivity index is 2.12. The van der Waals surface area contributed by atoms with Crippen molar-refractivity contribution in [2.75, 3.05) is 25.2 Å². The Morgan fingerprint density at radius 2 is 2.14 bits per heavy atom. The Labute approximate surface area is 95.5 Å². The zero-order valence-corrected chi connectivity index (χ0v) is 10.8. The zero-order chi connectivity index (χ0) is 10.4. The van der Waals surface area contributed by atoms with E-state index in [-0.39, 0.29) is 6.10 Å². The van der Waals surface area contributed by atoms with Crippen LogP contribution in [0, 0.1) is 5.41 Å². The Kier molecular flexibility index (Phi) is 5.42. The van der Waals surface area contributed by atoms with Crippen LogP contribution in [-0.2, 0) is 9.47 Å². The van der Waals surface area contributed by atoms with Gasteiger partial charge in [0.15, 0.2) is 0 Å². The van der Waals surface area contributed by atoms with Gasteiger partial charge in [0.2, 0.25) is 0 Å². The minimum absolute atomic E-state index is 0.228. The average molecular weight is 265 g/mol. The van der Waals surface area contributed by atoms with E-state index in [1.165, 1.54) is 19.3 Å². The summed E-state index contributed by atoms with van der Waals surface area (Å²) in [6.07, 6.45) is 4.19. The first-order valence-corrected chi connectivity index (χ1v) is 6.60. The van der Waals surface area contributed by atoms with Crippen LogP contribution in [0.2, 0.25) is 0 Å². The van der Waals surface area contributed by atoms with Gasteiger partial charge in [-0.25, -0.2) is 0 Å². The second kappa shape index (κ2) is 6.09. The van der Waals surface area contributed by atoms with Crippen LogP contribution in [0.4, 0.5) is 0 Å².